The van der Waals surface area contributed by atoms with Crippen LogP contribution in [0.2, 0.25) is 0 Å². The Hall–Kier alpha value is -3.85. The minimum atomic E-state index is -0.0467. The Kier molecular flexibility index (Phi) is 9.24. The number of nitrogens with zero attached hydrogens (tertiary/aromatic N) is 6. The van der Waals surface area contributed by atoms with Crippen molar-refractivity contribution in [1.29, 1.82) is 0 Å². The molecule has 2 aliphatic rings. The first-order valence-electron chi connectivity index (χ1n) is 13.5. The molecule has 1 atom stereocenters. The van der Waals surface area contributed by atoms with Gasteiger partial charge in [-0.1, -0.05) is 37.4 Å². The first kappa shape index (κ1) is 28.2. The number of phenols is 1. The van der Waals surface area contributed by atoms with Gasteiger partial charge < -0.3 is 29.4 Å². The number of piperazine rings is 1. The van der Waals surface area contributed by atoms with Crippen molar-refractivity contribution in [3.63, 3.8) is 0 Å². The summed E-state index contributed by atoms with van der Waals surface area (Å²) in [4.78, 5) is 30.3. The molecule has 2 heterocycles. The van der Waals surface area contributed by atoms with Crippen LogP contribution in [0.15, 0.2) is 71.3 Å². The zero-order chi connectivity index (χ0) is 27.9. The smallest absolute Gasteiger partial charge is 0.318 e. The fraction of sp³-hybridized carbons (Fsp3) is 0.433. The third-order valence-electron chi connectivity index (χ3n) is 7.07. The number of hydrogen-bond donors (Lipinski definition) is 1. The lowest BCUT2D eigenvalue weighted by atomic mass is 10.1. The highest BCUT2D eigenvalue weighted by atomic mass is 16.5. The highest BCUT2D eigenvalue weighted by Crippen LogP contribution is 2.32. The highest BCUT2D eigenvalue weighted by Gasteiger charge is 2.28. The van der Waals surface area contributed by atoms with Crippen LogP contribution >= 0.6 is 0 Å². The molecule has 9 heteroatoms. The first-order valence-corrected chi connectivity index (χ1v) is 13.5. The molecule has 39 heavy (non-hydrogen) atoms. The predicted octanol–water partition coefficient (Wildman–Crippen LogP) is 3.71. The van der Waals surface area contributed by atoms with Crippen LogP contribution in [0.4, 0.5) is 5.69 Å². The molecular weight excluding hydrogens is 492 g/mol. The van der Waals surface area contributed by atoms with Crippen LogP contribution in [-0.4, -0.2) is 104 Å². The monoisotopic (exact) mass is 532 g/mol. The minimum Gasteiger partial charge on any atom is -0.508 e. The summed E-state index contributed by atoms with van der Waals surface area (Å²) < 4.78 is 6.05. The van der Waals surface area contributed by atoms with Gasteiger partial charge in [-0.2, -0.15) is 9.98 Å². The maximum Gasteiger partial charge on any atom is 0.318 e. The first-order chi connectivity index (χ1) is 18.7. The lowest BCUT2D eigenvalue weighted by Gasteiger charge is -2.41. The predicted molar refractivity (Wildman–Crippen MR) is 159 cm³/mol. The maximum atomic E-state index is 12.3. The molecule has 208 valence electrons. The quantitative estimate of drug-likeness (QED) is 0.591. The third kappa shape index (κ3) is 7.17. The Morgan fingerprint density at radius 3 is 2.72 bits per heavy atom. The van der Waals surface area contributed by atoms with E-state index in [1.165, 1.54) is 6.08 Å². The van der Waals surface area contributed by atoms with Crippen LogP contribution in [0.25, 0.3) is 10.8 Å². The summed E-state index contributed by atoms with van der Waals surface area (Å²) in [5, 5.41) is 12.5. The molecule has 1 saturated heterocycles. The number of carbonyl (C=O) groups excluding carboxylic acids is 1. The number of amides is 1. The summed E-state index contributed by atoms with van der Waals surface area (Å²) in [6.45, 7) is 14.3. The summed E-state index contributed by atoms with van der Waals surface area (Å²) in [5.41, 5.74) is 1.57. The van der Waals surface area contributed by atoms with E-state index in [9.17, 15) is 9.90 Å². The minimum absolute atomic E-state index is 0.0301. The van der Waals surface area contributed by atoms with Crippen molar-refractivity contribution in [3.05, 3.63) is 61.3 Å². The van der Waals surface area contributed by atoms with Gasteiger partial charge in [0.1, 0.15) is 18.2 Å². The Labute approximate surface area is 231 Å². The number of amidine groups is 2. The molecule has 1 fully saturated rings. The number of carbonyl (C=O) groups is 1. The summed E-state index contributed by atoms with van der Waals surface area (Å²) in [6, 6.07) is 12.0. The van der Waals surface area contributed by atoms with Gasteiger partial charge in [0, 0.05) is 62.3 Å². The molecule has 0 aromatic heterocycles. The summed E-state index contributed by atoms with van der Waals surface area (Å²) in [5.74, 6) is 1.08. The average Bonchev–Trinajstić information content (AvgIpc) is 2.90. The van der Waals surface area contributed by atoms with E-state index >= 15 is 0 Å². The van der Waals surface area contributed by atoms with Gasteiger partial charge in [-0.3, -0.25) is 4.79 Å². The van der Waals surface area contributed by atoms with E-state index in [1.807, 2.05) is 55.1 Å². The van der Waals surface area contributed by atoms with Crippen LogP contribution in [0, 0.1) is 0 Å². The van der Waals surface area contributed by atoms with Gasteiger partial charge in [-0.05, 0) is 45.0 Å². The maximum absolute atomic E-state index is 12.3. The van der Waals surface area contributed by atoms with Gasteiger partial charge >= 0.3 is 6.02 Å². The fourth-order valence-corrected chi connectivity index (χ4v) is 5.08. The Morgan fingerprint density at radius 1 is 1.18 bits per heavy atom. The second-order valence-corrected chi connectivity index (χ2v) is 10.4. The van der Waals surface area contributed by atoms with E-state index in [-0.39, 0.29) is 17.7 Å². The molecule has 9 nitrogen and oxygen atoms in total. The van der Waals surface area contributed by atoms with E-state index in [0.717, 1.165) is 48.2 Å². The van der Waals surface area contributed by atoms with Crippen molar-refractivity contribution in [1.82, 2.24) is 14.7 Å². The summed E-state index contributed by atoms with van der Waals surface area (Å²) in [7, 11) is 3.99. The number of aromatic hydroxyl groups is 1. The third-order valence-corrected chi connectivity index (χ3v) is 7.07. The topological polar surface area (TPSA) is 84.2 Å². The van der Waals surface area contributed by atoms with Crippen molar-refractivity contribution in [2.24, 2.45) is 9.98 Å². The molecule has 2 aromatic carbocycles. The number of rotatable bonds is 5. The average molecular weight is 533 g/mol. The molecule has 0 unspecified atom stereocenters. The van der Waals surface area contributed by atoms with E-state index in [1.54, 1.807) is 6.07 Å². The van der Waals surface area contributed by atoms with Gasteiger partial charge in [-0.25, -0.2) is 0 Å². The molecule has 2 aromatic rings. The molecule has 0 radical (unpaired) electrons. The number of ether oxygens (including phenoxy) is 1. The number of aliphatic imine (C=N–C) groups is 2. The largest absolute Gasteiger partial charge is 0.508 e. The van der Waals surface area contributed by atoms with Gasteiger partial charge in [0.25, 0.3) is 0 Å². The number of anilines is 1. The molecule has 4 rings (SSSR count). The van der Waals surface area contributed by atoms with Gasteiger partial charge in [-0.15, -0.1) is 0 Å². The van der Waals surface area contributed by atoms with E-state index < -0.39 is 0 Å². The van der Waals surface area contributed by atoms with Crippen molar-refractivity contribution in [2.45, 2.75) is 25.8 Å². The standard InChI is InChI=1S/C30H40N6O3/c1-6-29(38)36-15-14-35(21-23(36)3)28-12-9-13-34(20-22(2)31-30(32-28)39-17-16-33(4)5)27-19-25(37)18-24-10-7-8-11-26(24)27/h6-8,10-11,18-19,23,37H,1-2,9,12-17,20-21H2,3-5H3/t23-/m0/s1. The molecule has 0 aliphatic carbocycles. The Morgan fingerprint density at radius 2 is 1.97 bits per heavy atom. The molecule has 0 bridgehead atoms. The molecule has 2 aliphatic heterocycles. The number of hydrogen-bond acceptors (Lipinski definition) is 8. The second-order valence-electron chi connectivity index (χ2n) is 10.4. The van der Waals surface area contributed by atoms with Crippen molar-refractivity contribution in [3.8, 4) is 5.75 Å². The lowest BCUT2D eigenvalue weighted by Crippen LogP contribution is -2.55. The van der Waals surface area contributed by atoms with Crippen molar-refractivity contribution >= 4 is 34.2 Å². The molecule has 0 spiro atoms. The van der Waals surface area contributed by atoms with Crippen LogP contribution in [0.1, 0.15) is 19.8 Å². The van der Waals surface area contributed by atoms with Gasteiger partial charge in [0.15, 0.2) is 0 Å². The lowest BCUT2D eigenvalue weighted by molar-refractivity contribution is -0.129. The van der Waals surface area contributed by atoms with Crippen molar-refractivity contribution in [2.75, 3.05) is 64.9 Å². The van der Waals surface area contributed by atoms with Crippen LogP contribution in [0.3, 0.4) is 0 Å². The van der Waals surface area contributed by atoms with Crippen molar-refractivity contribution < 1.29 is 14.6 Å². The SMILES string of the molecule is C=CC(=O)N1CCN(C2=NC(OCCN(C)C)=NC(=C)CN(c3cc(O)cc4ccccc34)CCC2)C[C@@H]1C. The summed E-state index contributed by atoms with van der Waals surface area (Å²) >= 11 is 0. The van der Waals surface area contributed by atoms with E-state index in [2.05, 4.69) is 29.0 Å². The number of benzene rings is 2. The van der Waals surface area contributed by atoms with Crippen LogP contribution in [0.5, 0.6) is 5.75 Å². The number of fused-ring (bicyclic) bond motifs is 1. The zero-order valence-electron chi connectivity index (χ0n) is 23.3. The second kappa shape index (κ2) is 12.8. The molecular formula is C30H40N6O3. The Bertz CT molecular complexity index is 1270. The highest BCUT2D eigenvalue weighted by molar-refractivity contribution is 5.96. The number of phenolic OH excluding ortho intramolecular Hbond substituents is 1. The van der Waals surface area contributed by atoms with E-state index in [0.29, 0.717) is 44.5 Å². The Balaban J connectivity index is 1.63. The van der Waals surface area contributed by atoms with Crippen LogP contribution < -0.4 is 4.90 Å². The van der Waals surface area contributed by atoms with Gasteiger partial charge in [0.05, 0.1) is 12.2 Å². The zero-order valence-corrected chi connectivity index (χ0v) is 23.3. The van der Waals surface area contributed by atoms with E-state index in [4.69, 9.17) is 14.7 Å². The number of likely N-dealkylation sites (N-methyl/N-ethyl adjacent to an activating group) is 1. The molecule has 0 saturated carbocycles. The van der Waals surface area contributed by atoms with Crippen LogP contribution in [-0.2, 0) is 9.53 Å². The summed E-state index contributed by atoms with van der Waals surface area (Å²) in [6.07, 6.45) is 2.93. The van der Waals surface area contributed by atoms with Gasteiger partial charge in [0.2, 0.25) is 5.91 Å². The fourth-order valence-electron chi connectivity index (χ4n) is 5.08. The normalized spacial score (nSPS) is 19.1. The molecule has 1 amide bonds. The molecule has 1 N–H and O–H groups in total.